The van der Waals surface area contributed by atoms with Gasteiger partial charge >= 0.3 is 0 Å². The van der Waals surface area contributed by atoms with Crippen molar-refractivity contribution in [2.45, 2.75) is 64.8 Å². The van der Waals surface area contributed by atoms with Gasteiger partial charge < -0.3 is 9.05 Å². The van der Waals surface area contributed by atoms with Crippen molar-refractivity contribution in [3.63, 3.8) is 0 Å². The van der Waals surface area contributed by atoms with Crippen LogP contribution in [0.5, 0.6) is 0 Å². The van der Waals surface area contributed by atoms with Gasteiger partial charge in [-0.05, 0) is 37.5 Å². The van der Waals surface area contributed by atoms with Crippen molar-refractivity contribution < 1.29 is 9.05 Å². The lowest BCUT2D eigenvalue weighted by atomic mass is 9.96. The highest BCUT2D eigenvalue weighted by molar-refractivity contribution is 8.09. The lowest BCUT2D eigenvalue weighted by molar-refractivity contribution is 0.231. The molecule has 0 heterocycles. The van der Waals surface area contributed by atoms with E-state index in [1.807, 2.05) is 0 Å². The second-order valence-electron chi connectivity index (χ2n) is 4.63. The first-order valence-electron chi connectivity index (χ1n) is 6.87. The SMILES string of the molecule is CCCOP(=S)(NC1CCCCC1)OCCC. The van der Waals surface area contributed by atoms with Crippen LogP contribution < -0.4 is 5.09 Å². The van der Waals surface area contributed by atoms with Gasteiger partial charge in [0.15, 0.2) is 0 Å². The Hall–Kier alpha value is 0.530. The minimum Gasteiger partial charge on any atom is -0.318 e. The van der Waals surface area contributed by atoms with Crippen LogP contribution in [0.2, 0.25) is 0 Å². The minimum atomic E-state index is -2.24. The summed E-state index contributed by atoms with van der Waals surface area (Å²) < 4.78 is 11.6. The summed E-state index contributed by atoms with van der Waals surface area (Å²) >= 11 is 5.57. The fourth-order valence-corrected chi connectivity index (χ4v) is 4.66. The highest BCUT2D eigenvalue weighted by Crippen LogP contribution is 2.46. The predicted octanol–water partition coefficient (Wildman–Crippen LogP) is 3.99. The first-order valence-corrected chi connectivity index (χ1v) is 9.51. The van der Waals surface area contributed by atoms with Crippen LogP contribution in [0.4, 0.5) is 0 Å². The van der Waals surface area contributed by atoms with Gasteiger partial charge in [-0.15, -0.1) is 0 Å². The van der Waals surface area contributed by atoms with Crippen molar-refractivity contribution >= 4 is 18.4 Å². The molecular weight excluding hydrogens is 253 g/mol. The molecule has 1 aliphatic carbocycles. The molecule has 17 heavy (non-hydrogen) atoms. The molecule has 1 N–H and O–H groups in total. The van der Waals surface area contributed by atoms with E-state index in [0.29, 0.717) is 19.3 Å². The van der Waals surface area contributed by atoms with Gasteiger partial charge in [0.1, 0.15) is 0 Å². The molecule has 0 unspecified atom stereocenters. The van der Waals surface area contributed by atoms with E-state index in [2.05, 4.69) is 18.9 Å². The van der Waals surface area contributed by atoms with E-state index in [1.54, 1.807) is 0 Å². The van der Waals surface area contributed by atoms with E-state index in [9.17, 15) is 0 Å². The fraction of sp³-hybridized carbons (Fsp3) is 1.00. The Bertz CT molecular complexity index is 233. The van der Waals surface area contributed by atoms with Crippen LogP contribution in [0.3, 0.4) is 0 Å². The molecule has 102 valence electrons. The summed E-state index contributed by atoms with van der Waals surface area (Å²) in [7, 11) is 0. The Morgan fingerprint density at radius 2 is 1.59 bits per heavy atom. The van der Waals surface area contributed by atoms with Gasteiger partial charge in [-0.3, -0.25) is 0 Å². The zero-order valence-corrected chi connectivity index (χ0v) is 12.8. The summed E-state index contributed by atoms with van der Waals surface area (Å²) in [5.41, 5.74) is 0. The third-order valence-corrected chi connectivity index (χ3v) is 5.55. The second-order valence-corrected chi connectivity index (χ2v) is 7.84. The molecule has 0 saturated heterocycles. The number of hydrogen-bond donors (Lipinski definition) is 1. The Kier molecular flexibility index (Phi) is 7.89. The van der Waals surface area contributed by atoms with Gasteiger partial charge in [0.25, 0.3) is 6.64 Å². The van der Waals surface area contributed by atoms with E-state index in [1.165, 1.54) is 32.1 Å². The van der Waals surface area contributed by atoms with Gasteiger partial charge in [0.05, 0.1) is 13.2 Å². The highest BCUT2D eigenvalue weighted by Gasteiger charge is 2.24. The van der Waals surface area contributed by atoms with Crippen molar-refractivity contribution in [2.24, 2.45) is 0 Å². The first kappa shape index (κ1) is 15.6. The van der Waals surface area contributed by atoms with E-state index in [-0.39, 0.29) is 0 Å². The van der Waals surface area contributed by atoms with Crippen molar-refractivity contribution in [1.82, 2.24) is 5.09 Å². The molecule has 0 bridgehead atoms. The van der Waals surface area contributed by atoms with Crippen LogP contribution in [-0.2, 0) is 20.9 Å². The Labute approximate surface area is 111 Å². The molecule has 5 heteroatoms. The van der Waals surface area contributed by atoms with E-state index < -0.39 is 6.64 Å². The molecule has 1 fully saturated rings. The topological polar surface area (TPSA) is 30.5 Å². The van der Waals surface area contributed by atoms with Gasteiger partial charge in [0, 0.05) is 6.04 Å². The van der Waals surface area contributed by atoms with Gasteiger partial charge in [0.2, 0.25) is 0 Å². The molecule has 1 aliphatic rings. The summed E-state index contributed by atoms with van der Waals surface area (Å²) in [5, 5.41) is 3.48. The number of rotatable bonds is 8. The smallest absolute Gasteiger partial charge is 0.261 e. The zero-order chi connectivity index (χ0) is 12.6. The van der Waals surface area contributed by atoms with Crippen LogP contribution >= 0.6 is 6.64 Å². The lowest BCUT2D eigenvalue weighted by Crippen LogP contribution is -2.30. The maximum absolute atomic E-state index is 5.78. The van der Waals surface area contributed by atoms with Gasteiger partial charge in [-0.25, -0.2) is 5.09 Å². The molecule has 0 aliphatic heterocycles. The van der Waals surface area contributed by atoms with Crippen molar-refractivity contribution in [3.8, 4) is 0 Å². The minimum absolute atomic E-state index is 0.503. The Balaban J connectivity index is 2.45. The summed E-state index contributed by atoms with van der Waals surface area (Å²) in [6.07, 6.45) is 8.35. The first-order chi connectivity index (χ1) is 8.20. The molecule has 0 aromatic heterocycles. The molecule has 0 atom stereocenters. The number of hydrogen-bond acceptors (Lipinski definition) is 3. The van der Waals surface area contributed by atoms with Crippen molar-refractivity contribution in [1.29, 1.82) is 0 Å². The zero-order valence-electron chi connectivity index (χ0n) is 11.1. The standard InChI is InChI=1S/C12H26NO2PS/c1-3-10-14-16(17,15-11-4-2)13-12-8-6-5-7-9-12/h12H,3-11H2,1-2H3,(H,13,17). The molecule has 0 radical (unpaired) electrons. The summed E-state index contributed by atoms with van der Waals surface area (Å²) in [6.45, 7) is 3.35. The molecule has 0 spiro atoms. The maximum atomic E-state index is 5.78. The molecular formula is C12H26NO2PS. The average Bonchev–Trinajstić information content (AvgIpc) is 2.35. The molecule has 1 saturated carbocycles. The van der Waals surface area contributed by atoms with E-state index >= 15 is 0 Å². The average molecular weight is 279 g/mol. The quantitative estimate of drug-likeness (QED) is 0.681. The van der Waals surface area contributed by atoms with E-state index in [4.69, 9.17) is 20.9 Å². The molecule has 3 nitrogen and oxygen atoms in total. The third-order valence-electron chi connectivity index (χ3n) is 2.88. The van der Waals surface area contributed by atoms with Crippen molar-refractivity contribution in [3.05, 3.63) is 0 Å². The maximum Gasteiger partial charge on any atom is 0.261 e. The Morgan fingerprint density at radius 1 is 1.06 bits per heavy atom. The summed E-state index contributed by atoms with van der Waals surface area (Å²) in [6, 6.07) is 0.503. The molecule has 0 aromatic rings. The largest absolute Gasteiger partial charge is 0.318 e. The third kappa shape index (κ3) is 6.30. The normalized spacial score (nSPS) is 18.5. The van der Waals surface area contributed by atoms with E-state index in [0.717, 1.165) is 12.8 Å². The fourth-order valence-electron chi connectivity index (χ4n) is 1.99. The monoisotopic (exact) mass is 279 g/mol. The molecule has 0 amide bonds. The van der Waals surface area contributed by atoms with Gasteiger partial charge in [-0.1, -0.05) is 33.1 Å². The molecule has 1 rings (SSSR count). The Morgan fingerprint density at radius 3 is 2.06 bits per heavy atom. The lowest BCUT2D eigenvalue weighted by Gasteiger charge is -2.30. The van der Waals surface area contributed by atoms with Crippen LogP contribution in [0.1, 0.15) is 58.8 Å². The van der Waals surface area contributed by atoms with Crippen LogP contribution in [0.25, 0.3) is 0 Å². The van der Waals surface area contributed by atoms with Crippen LogP contribution in [-0.4, -0.2) is 19.3 Å². The highest BCUT2D eigenvalue weighted by atomic mass is 32.5. The molecule has 0 aromatic carbocycles. The van der Waals surface area contributed by atoms with Crippen LogP contribution in [0.15, 0.2) is 0 Å². The number of nitrogens with one attached hydrogen (secondary N) is 1. The predicted molar refractivity (Wildman–Crippen MR) is 76.8 cm³/mol. The van der Waals surface area contributed by atoms with Gasteiger partial charge in [-0.2, -0.15) is 0 Å². The summed E-state index contributed by atoms with van der Waals surface area (Å²) in [4.78, 5) is 0. The van der Waals surface area contributed by atoms with Crippen LogP contribution in [0, 0.1) is 0 Å². The van der Waals surface area contributed by atoms with Crippen molar-refractivity contribution in [2.75, 3.05) is 13.2 Å². The summed E-state index contributed by atoms with van der Waals surface area (Å²) in [5.74, 6) is 0. The second kappa shape index (κ2) is 8.60.